The molecule has 1 unspecified atom stereocenters. The van der Waals surface area contributed by atoms with Crippen molar-refractivity contribution in [1.29, 1.82) is 0 Å². The first-order valence-electron chi connectivity index (χ1n) is 12.1. The van der Waals surface area contributed by atoms with Gasteiger partial charge in [0.2, 0.25) is 5.89 Å². The van der Waals surface area contributed by atoms with Crippen LogP contribution in [-0.4, -0.2) is 24.2 Å². The second-order valence-electron chi connectivity index (χ2n) is 8.84. The average Bonchev–Trinajstić information content (AvgIpc) is 3.62. The normalized spacial score (nSPS) is 12.0. The van der Waals surface area contributed by atoms with E-state index in [2.05, 4.69) is 15.3 Å². The molecule has 0 amide bonds. The van der Waals surface area contributed by atoms with Crippen LogP contribution in [0.1, 0.15) is 5.89 Å². The Morgan fingerprint density at radius 2 is 1.43 bits per heavy atom. The van der Waals surface area contributed by atoms with Gasteiger partial charge in [0.05, 0.1) is 22.7 Å². The van der Waals surface area contributed by atoms with Crippen LogP contribution in [0.3, 0.4) is 0 Å². The molecule has 1 atom stereocenters. The summed E-state index contributed by atoms with van der Waals surface area (Å²) in [5.41, 5.74) is 3.44. The van der Waals surface area contributed by atoms with E-state index < -0.39 is 22.4 Å². The lowest BCUT2D eigenvalue weighted by atomic mass is 10.1. The molecule has 10 heteroatoms. The van der Waals surface area contributed by atoms with Gasteiger partial charge in [-0.3, -0.25) is 4.21 Å². The molecule has 0 N–H and O–H groups in total. The second kappa shape index (κ2) is 10.7. The van der Waals surface area contributed by atoms with Crippen molar-refractivity contribution in [2.75, 3.05) is 0 Å². The standard InChI is InChI=1S/C30H19F3N4O2S/c31-22-8-4-19(5-9-22)29-30(20-6-10-23(32)11-7-20)39-28(34-29)18-40(38)26-14-12-25(13-15-26)37-17-27(35-36-37)21-2-1-3-24(33)16-21/h1-17H,18H2. The minimum atomic E-state index is -1.50. The zero-order chi connectivity index (χ0) is 27.6. The van der Waals surface area contributed by atoms with Gasteiger partial charge in [-0.05, 0) is 84.9 Å². The van der Waals surface area contributed by atoms with Crippen LogP contribution in [0.5, 0.6) is 0 Å². The van der Waals surface area contributed by atoms with Crippen molar-refractivity contribution in [1.82, 2.24) is 20.0 Å². The Labute approximate surface area is 229 Å². The largest absolute Gasteiger partial charge is 0.439 e. The fourth-order valence-electron chi connectivity index (χ4n) is 4.14. The Bertz CT molecular complexity index is 1750. The molecule has 6 aromatic rings. The maximum Gasteiger partial charge on any atom is 0.208 e. The summed E-state index contributed by atoms with van der Waals surface area (Å²) in [5, 5.41) is 8.22. The molecule has 2 aromatic heterocycles. The van der Waals surface area contributed by atoms with Crippen molar-refractivity contribution in [3.05, 3.63) is 127 Å². The van der Waals surface area contributed by atoms with E-state index in [0.29, 0.717) is 44.4 Å². The lowest BCUT2D eigenvalue weighted by Gasteiger charge is -2.03. The monoisotopic (exact) mass is 556 g/mol. The first-order valence-corrected chi connectivity index (χ1v) is 13.4. The minimum Gasteiger partial charge on any atom is -0.439 e. The number of rotatable bonds is 7. The number of hydrogen-bond acceptors (Lipinski definition) is 5. The number of benzene rings is 4. The molecule has 0 aliphatic rings. The van der Waals surface area contributed by atoms with Crippen molar-refractivity contribution >= 4 is 10.8 Å². The third kappa shape index (κ3) is 5.34. The highest BCUT2D eigenvalue weighted by molar-refractivity contribution is 7.84. The molecule has 0 bridgehead atoms. The summed E-state index contributed by atoms with van der Waals surface area (Å²) in [6.45, 7) is 0. The van der Waals surface area contributed by atoms with Gasteiger partial charge in [-0.2, -0.15) is 0 Å². The molecule has 0 saturated carbocycles. The molecule has 4 aromatic carbocycles. The van der Waals surface area contributed by atoms with Gasteiger partial charge in [0.15, 0.2) is 5.76 Å². The average molecular weight is 557 g/mol. The Morgan fingerprint density at radius 1 is 0.750 bits per heavy atom. The van der Waals surface area contributed by atoms with Gasteiger partial charge in [0, 0.05) is 21.6 Å². The fourth-order valence-corrected chi connectivity index (χ4v) is 5.10. The molecule has 0 aliphatic carbocycles. The molecular weight excluding hydrogens is 537 g/mol. The Balaban J connectivity index is 1.24. The van der Waals surface area contributed by atoms with Crippen molar-refractivity contribution in [2.45, 2.75) is 10.6 Å². The minimum absolute atomic E-state index is 0.0121. The molecule has 198 valence electrons. The van der Waals surface area contributed by atoms with E-state index >= 15 is 0 Å². The number of halogens is 3. The maximum atomic E-state index is 13.6. The van der Waals surface area contributed by atoms with Gasteiger partial charge >= 0.3 is 0 Å². The molecular formula is C30H19F3N4O2S. The summed E-state index contributed by atoms with van der Waals surface area (Å²) in [6, 6.07) is 24.5. The molecule has 40 heavy (non-hydrogen) atoms. The van der Waals surface area contributed by atoms with Crippen LogP contribution in [0, 0.1) is 17.5 Å². The van der Waals surface area contributed by atoms with Crippen molar-refractivity contribution < 1.29 is 21.8 Å². The van der Waals surface area contributed by atoms with Gasteiger partial charge in [0.1, 0.15) is 34.6 Å². The SMILES string of the molecule is O=S(Cc1nc(-c2ccc(F)cc2)c(-c2ccc(F)cc2)o1)c1ccc(-n2cc(-c3cccc(F)c3)nn2)cc1. The van der Waals surface area contributed by atoms with Crippen LogP contribution in [0.25, 0.3) is 39.5 Å². The first kappa shape index (κ1) is 25.4. The summed E-state index contributed by atoms with van der Waals surface area (Å²) < 4.78 is 61.3. The molecule has 0 fully saturated rings. The molecule has 0 radical (unpaired) electrons. The second-order valence-corrected chi connectivity index (χ2v) is 10.3. The Hall–Kier alpha value is -4.83. The first-order chi connectivity index (χ1) is 19.4. The topological polar surface area (TPSA) is 73.8 Å². The van der Waals surface area contributed by atoms with Crippen LogP contribution in [0.2, 0.25) is 0 Å². The summed E-state index contributed by atoms with van der Waals surface area (Å²) in [5.74, 6) is -0.573. The lowest BCUT2D eigenvalue weighted by Crippen LogP contribution is -1.99. The molecule has 0 saturated heterocycles. The Kier molecular flexibility index (Phi) is 6.83. The highest BCUT2D eigenvalue weighted by atomic mass is 32.2. The summed E-state index contributed by atoms with van der Waals surface area (Å²) >= 11 is 0. The van der Waals surface area contributed by atoms with Crippen molar-refractivity contribution in [3.63, 3.8) is 0 Å². The van der Waals surface area contributed by atoms with E-state index in [1.54, 1.807) is 71.5 Å². The summed E-state index contributed by atoms with van der Waals surface area (Å²) in [7, 11) is -1.50. The van der Waals surface area contributed by atoms with Gasteiger partial charge in [0.25, 0.3) is 0 Å². The predicted octanol–water partition coefficient (Wildman–Crippen LogP) is 6.98. The molecule has 6 nitrogen and oxygen atoms in total. The number of aromatic nitrogens is 4. The third-order valence-electron chi connectivity index (χ3n) is 6.13. The van der Waals surface area contributed by atoms with Crippen LogP contribution in [0.15, 0.2) is 113 Å². The van der Waals surface area contributed by atoms with E-state index in [1.807, 2.05) is 0 Å². The van der Waals surface area contributed by atoms with E-state index in [9.17, 15) is 17.4 Å². The van der Waals surface area contributed by atoms with Crippen LogP contribution >= 0.6 is 0 Å². The molecule has 0 aliphatic heterocycles. The van der Waals surface area contributed by atoms with Crippen molar-refractivity contribution in [3.8, 4) is 39.5 Å². The summed E-state index contributed by atoms with van der Waals surface area (Å²) in [6.07, 6.45) is 1.68. The predicted molar refractivity (Wildman–Crippen MR) is 144 cm³/mol. The smallest absolute Gasteiger partial charge is 0.208 e. The molecule has 0 spiro atoms. The number of hydrogen-bond donors (Lipinski definition) is 0. The molecule has 6 rings (SSSR count). The van der Waals surface area contributed by atoms with Crippen molar-refractivity contribution in [2.24, 2.45) is 0 Å². The Morgan fingerprint density at radius 3 is 2.10 bits per heavy atom. The highest BCUT2D eigenvalue weighted by Crippen LogP contribution is 2.33. The zero-order valence-corrected chi connectivity index (χ0v) is 21.5. The molecule has 2 heterocycles. The fraction of sp³-hybridized carbons (Fsp3) is 0.0333. The van der Waals surface area contributed by atoms with Crippen LogP contribution < -0.4 is 0 Å². The van der Waals surface area contributed by atoms with Crippen LogP contribution in [0.4, 0.5) is 13.2 Å². The lowest BCUT2D eigenvalue weighted by molar-refractivity contribution is 0.527. The third-order valence-corrected chi connectivity index (χ3v) is 7.44. The quantitative estimate of drug-likeness (QED) is 0.212. The van der Waals surface area contributed by atoms with E-state index in [-0.39, 0.29) is 17.5 Å². The maximum absolute atomic E-state index is 13.6. The van der Waals surface area contributed by atoms with Gasteiger partial charge in [-0.25, -0.2) is 22.8 Å². The number of oxazole rings is 1. The highest BCUT2D eigenvalue weighted by Gasteiger charge is 2.19. The van der Waals surface area contributed by atoms with E-state index in [1.165, 1.54) is 36.4 Å². The number of nitrogens with zero attached hydrogens (tertiary/aromatic N) is 4. The summed E-state index contributed by atoms with van der Waals surface area (Å²) in [4.78, 5) is 5.09. The van der Waals surface area contributed by atoms with Gasteiger partial charge < -0.3 is 4.42 Å². The van der Waals surface area contributed by atoms with Gasteiger partial charge in [-0.1, -0.05) is 17.3 Å². The van der Waals surface area contributed by atoms with E-state index in [0.717, 1.165) is 0 Å². The van der Waals surface area contributed by atoms with Crippen LogP contribution in [-0.2, 0) is 16.6 Å². The zero-order valence-electron chi connectivity index (χ0n) is 20.7. The van der Waals surface area contributed by atoms with Gasteiger partial charge in [-0.15, -0.1) is 5.10 Å². The van der Waals surface area contributed by atoms with E-state index in [4.69, 9.17) is 4.42 Å².